The topological polar surface area (TPSA) is 127 Å². The Morgan fingerprint density at radius 3 is 2.58 bits per heavy atom. The van der Waals surface area contributed by atoms with E-state index in [0.29, 0.717) is 0 Å². The first kappa shape index (κ1) is 22.2. The highest BCUT2D eigenvalue weighted by atomic mass is 35.6. The molecular weight excluding hydrogens is 417 g/mol. The Hall–Kier alpha value is -0.1000. The van der Waals surface area contributed by atoms with Crippen LogP contribution in [0.1, 0.15) is 20.3 Å². The van der Waals surface area contributed by atoms with Crippen molar-refractivity contribution in [3.05, 3.63) is 0 Å². The molecule has 0 aromatic rings. The van der Waals surface area contributed by atoms with Crippen LogP contribution in [-0.2, 0) is 18.9 Å². The zero-order valence-corrected chi connectivity index (χ0v) is 16.4. The molecule has 2 heterocycles. The van der Waals surface area contributed by atoms with Crippen molar-refractivity contribution in [2.75, 3.05) is 19.8 Å². The van der Waals surface area contributed by atoms with Gasteiger partial charge >= 0.3 is 6.09 Å². The fourth-order valence-corrected chi connectivity index (χ4v) is 3.12. The van der Waals surface area contributed by atoms with Gasteiger partial charge in [0.2, 0.25) is 3.79 Å². The average Bonchev–Trinajstić information content (AvgIpc) is 2.51. The predicted octanol–water partition coefficient (Wildman–Crippen LogP) is 0.434. The van der Waals surface area contributed by atoms with E-state index in [1.165, 1.54) is 0 Å². The highest BCUT2D eigenvalue weighted by Gasteiger charge is 2.59. The summed E-state index contributed by atoms with van der Waals surface area (Å²) < 4.78 is 19.5. The van der Waals surface area contributed by atoms with Gasteiger partial charge in [-0.25, -0.2) is 4.79 Å². The van der Waals surface area contributed by atoms with Crippen molar-refractivity contribution in [2.45, 2.75) is 60.0 Å². The van der Waals surface area contributed by atoms with Crippen molar-refractivity contribution in [3.8, 4) is 0 Å². The molecule has 0 radical (unpaired) electrons. The zero-order chi connectivity index (χ0) is 19.8. The van der Waals surface area contributed by atoms with Crippen LogP contribution in [0.3, 0.4) is 0 Å². The minimum Gasteiger partial charge on any atom is -0.445 e. The molecule has 2 saturated heterocycles. The Morgan fingerprint density at radius 1 is 1.35 bits per heavy atom. The van der Waals surface area contributed by atoms with Crippen LogP contribution in [0.15, 0.2) is 0 Å². The van der Waals surface area contributed by atoms with Gasteiger partial charge in [-0.05, 0) is 13.8 Å². The maximum atomic E-state index is 12.1. The lowest BCUT2D eigenvalue weighted by atomic mass is 9.80. The molecule has 0 saturated carbocycles. The van der Waals surface area contributed by atoms with Crippen LogP contribution in [-0.4, -0.2) is 81.0 Å². The van der Waals surface area contributed by atoms with Crippen molar-refractivity contribution in [1.82, 2.24) is 5.32 Å². The van der Waals surface area contributed by atoms with Gasteiger partial charge in [-0.2, -0.15) is 0 Å². The molecule has 4 N–H and O–H groups in total. The molecule has 1 amide bonds. The van der Waals surface area contributed by atoms with Crippen LogP contribution < -0.4 is 5.32 Å². The monoisotopic (exact) mass is 437 g/mol. The number of aliphatic hydroxyl groups excluding tert-OH is 3. The molecule has 0 aromatic heterocycles. The summed E-state index contributed by atoms with van der Waals surface area (Å²) in [4.78, 5) is 12.1. The number of aliphatic hydroxyl groups is 3. The summed E-state index contributed by atoms with van der Waals surface area (Å²) >= 11 is 16.6. The minimum absolute atomic E-state index is 0.0682. The van der Waals surface area contributed by atoms with E-state index in [-0.39, 0.29) is 13.0 Å². The molecule has 0 unspecified atom stereocenters. The van der Waals surface area contributed by atoms with Gasteiger partial charge in [-0.15, -0.1) is 0 Å². The summed E-state index contributed by atoms with van der Waals surface area (Å²) in [5.41, 5.74) is -1.80. The first-order valence-corrected chi connectivity index (χ1v) is 8.99. The average molecular weight is 439 g/mol. The highest BCUT2D eigenvalue weighted by molar-refractivity contribution is 6.67. The van der Waals surface area contributed by atoms with Gasteiger partial charge in [0.15, 0.2) is 12.1 Å². The number of nitrogens with one attached hydrogen (secondary N) is 1. The first-order valence-electron chi connectivity index (χ1n) is 7.86. The molecule has 0 spiro atoms. The van der Waals surface area contributed by atoms with Crippen molar-refractivity contribution in [1.29, 1.82) is 0 Å². The molecule has 2 rings (SSSR count). The van der Waals surface area contributed by atoms with Gasteiger partial charge in [-0.3, -0.25) is 0 Å². The quantitative estimate of drug-likeness (QED) is 0.466. The third-order valence-electron chi connectivity index (χ3n) is 4.19. The highest BCUT2D eigenvalue weighted by Crippen LogP contribution is 2.38. The van der Waals surface area contributed by atoms with Gasteiger partial charge in [-0.1, -0.05) is 34.8 Å². The van der Waals surface area contributed by atoms with Gasteiger partial charge in [0.1, 0.15) is 30.5 Å². The number of fused-ring (bicyclic) bond motifs is 1. The second-order valence-corrected chi connectivity index (χ2v) is 9.11. The first-order chi connectivity index (χ1) is 11.9. The number of halogens is 3. The number of carbonyl (C=O) groups is 1. The number of rotatable bonds is 4. The van der Waals surface area contributed by atoms with Crippen molar-refractivity contribution >= 4 is 40.9 Å². The molecule has 9 nitrogen and oxygen atoms in total. The van der Waals surface area contributed by atoms with Crippen molar-refractivity contribution in [3.63, 3.8) is 0 Å². The summed E-state index contributed by atoms with van der Waals surface area (Å²) in [7, 11) is 0. The lowest BCUT2D eigenvalue weighted by Crippen LogP contribution is -2.75. The fraction of sp³-hybridized carbons (Fsp3) is 0.929. The van der Waals surface area contributed by atoms with Gasteiger partial charge in [0, 0.05) is 13.0 Å². The van der Waals surface area contributed by atoms with Gasteiger partial charge in [0.05, 0.1) is 6.61 Å². The van der Waals surface area contributed by atoms with E-state index in [4.69, 9.17) is 53.8 Å². The summed E-state index contributed by atoms with van der Waals surface area (Å²) in [5.74, 6) is -1.01. The normalized spacial score (nSPS) is 36.9. The maximum Gasteiger partial charge on any atom is 0.407 e. The third-order valence-corrected chi connectivity index (χ3v) is 4.52. The van der Waals surface area contributed by atoms with E-state index in [0.717, 1.165) is 0 Å². The van der Waals surface area contributed by atoms with Gasteiger partial charge in [0.25, 0.3) is 0 Å². The smallest absolute Gasteiger partial charge is 0.407 e. The van der Waals surface area contributed by atoms with Crippen LogP contribution in [0, 0.1) is 0 Å². The van der Waals surface area contributed by atoms with Crippen LogP contribution in [0.4, 0.5) is 4.79 Å². The van der Waals surface area contributed by atoms with Gasteiger partial charge < -0.3 is 39.6 Å². The Balaban J connectivity index is 2.20. The number of amides is 1. The lowest BCUT2D eigenvalue weighted by Gasteiger charge is -2.54. The Labute approximate surface area is 165 Å². The van der Waals surface area contributed by atoms with Crippen LogP contribution in [0.5, 0.6) is 0 Å². The summed E-state index contributed by atoms with van der Waals surface area (Å²) in [6.07, 6.45) is -6.12. The molecule has 0 aliphatic carbocycles. The number of alkyl halides is 3. The third kappa shape index (κ3) is 5.03. The largest absolute Gasteiger partial charge is 0.445 e. The molecule has 5 atom stereocenters. The fourth-order valence-electron chi connectivity index (χ4n) is 2.95. The Bertz CT molecular complexity index is 517. The van der Waals surface area contributed by atoms with E-state index in [1.807, 2.05) is 0 Å². The Morgan fingerprint density at radius 2 is 2.00 bits per heavy atom. The molecule has 26 heavy (non-hydrogen) atoms. The van der Waals surface area contributed by atoms with Crippen LogP contribution >= 0.6 is 34.8 Å². The molecule has 2 aliphatic heterocycles. The molecule has 0 bridgehead atoms. The SMILES string of the molecule is CC1(C)OC[C@H]2O[C@H](O)[C@](CCO)(NC(=O)OCC(Cl)(Cl)Cl)[C@@H](O)[C@@H]2O1. The van der Waals surface area contributed by atoms with E-state index in [9.17, 15) is 20.1 Å². The van der Waals surface area contributed by atoms with E-state index < -0.39 is 59.0 Å². The molecule has 2 aliphatic rings. The minimum atomic E-state index is -1.83. The zero-order valence-electron chi connectivity index (χ0n) is 14.2. The molecule has 12 heteroatoms. The number of alkyl carbamates (subject to hydrolysis) is 1. The number of hydrogen-bond acceptors (Lipinski definition) is 8. The summed E-state index contributed by atoms with van der Waals surface area (Å²) in [6.45, 7) is 2.34. The van der Waals surface area contributed by atoms with E-state index in [2.05, 4.69) is 5.32 Å². The predicted molar refractivity (Wildman–Crippen MR) is 91.0 cm³/mol. The van der Waals surface area contributed by atoms with Crippen LogP contribution in [0.2, 0.25) is 0 Å². The van der Waals surface area contributed by atoms with Crippen molar-refractivity contribution < 1.29 is 39.1 Å². The molecule has 152 valence electrons. The summed E-state index contributed by atoms with van der Waals surface area (Å²) in [5, 5.41) is 33.0. The molecule has 0 aromatic carbocycles. The second-order valence-electron chi connectivity index (χ2n) is 6.60. The van der Waals surface area contributed by atoms with Crippen molar-refractivity contribution in [2.24, 2.45) is 0 Å². The number of ether oxygens (including phenoxy) is 4. The lowest BCUT2D eigenvalue weighted by molar-refractivity contribution is -0.377. The van der Waals surface area contributed by atoms with E-state index in [1.54, 1.807) is 13.8 Å². The maximum absolute atomic E-state index is 12.1. The van der Waals surface area contributed by atoms with E-state index >= 15 is 0 Å². The number of carbonyl (C=O) groups excluding carboxylic acids is 1. The number of hydrogen-bond donors (Lipinski definition) is 4. The Kier molecular flexibility index (Phi) is 6.91. The van der Waals surface area contributed by atoms with Crippen LogP contribution in [0.25, 0.3) is 0 Å². The molecule has 2 fully saturated rings. The second kappa shape index (κ2) is 8.10. The summed E-state index contributed by atoms with van der Waals surface area (Å²) in [6, 6.07) is 0. The molecular formula is C14H22Cl3NO8. The standard InChI is InChI=1S/C14H22Cl3NO8/c1-12(2)24-5-7-8(26-12)9(20)13(3-4-19,10(21)25-7)18-11(22)23-6-14(15,16)17/h7-10,19-21H,3-6H2,1-2H3,(H,18,22)/t7-,8-,9+,10+,13-/m1/s1.